The zero-order valence-corrected chi connectivity index (χ0v) is 5.59. The van der Waals surface area contributed by atoms with Crippen LogP contribution in [0.2, 0.25) is 0 Å². The van der Waals surface area contributed by atoms with E-state index in [1.807, 2.05) is 0 Å². The van der Waals surface area contributed by atoms with E-state index in [9.17, 15) is 4.79 Å². The van der Waals surface area contributed by atoms with Crippen LogP contribution in [0.25, 0.3) is 0 Å². The van der Waals surface area contributed by atoms with Crippen molar-refractivity contribution >= 4 is 5.91 Å². The minimum Gasteiger partial charge on any atom is -0.366 e. The number of rotatable bonds is 1. The normalized spacial score (nSPS) is 9.30. The zero-order chi connectivity index (χ0) is 7.56. The molecule has 3 nitrogen and oxygen atoms in total. The summed E-state index contributed by atoms with van der Waals surface area (Å²) in [5, 5.41) is 0. The van der Waals surface area contributed by atoms with Crippen molar-refractivity contribution in [3.8, 4) is 0 Å². The van der Waals surface area contributed by atoms with Gasteiger partial charge in [-0.25, -0.2) is 0 Å². The van der Waals surface area contributed by atoms with Crippen molar-refractivity contribution in [2.45, 2.75) is 6.92 Å². The second-order valence-corrected chi connectivity index (χ2v) is 1.95. The molecule has 1 amide bonds. The molecule has 0 aromatic carbocycles. The number of primary amides is 1. The van der Waals surface area contributed by atoms with E-state index in [0.29, 0.717) is 5.56 Å². The summed E-state index contributed by atoms with van der Waals surface area (Å²) in [6, 6.07) is 2.77. The van der Waals surface area contributed by atoms with Gasteiger partial charge in [0.05, 0.1) is 5.56 Å². The van der Waals surface area contributed by atoms with E-state index in [1.165, 1.54) is 12.4 Å². The first-order valence-electron chi connectivity index (χ1n) is 2.84. The molecule has 0 aliphatic heterocycles. The van der Waals surface area contributed by atoms with E-state index in [2.05, 4.69) is 11.1 Å². The number of nitrogens with two attached hydrogens (primary N) is 1. The number of carbonyl (C=O) groups is 1. The molecule has 1 aromatic rings. The first-order chi connectivity index (χ1) is 4.72. The van der Waals surface area contributed by atoms with Crippen molar-refractivity contribution in [1.82, 2.24) is 4.98 Å². The molecule has 1 rings (SSSR count). The van der Waals surface area contributed by atoms with Crippen LogP contribution < -0.4 is 5.73 Å². The van der Waals surface area contributed by atoms with Gasteiger partial charge >= 0.3 is 0 Å². The highest BCUT2D eigenvalue weighted by molar-refractivity contribution is 5.93. The zero-order valence-electron chi connectivity index (χ0n) is 5.59. The third-order valence-corrected chi connectivity index (χ3v) is 1.23. The predicted octanol–water partition coefficient (Wildman–Crippen LogP) is 0.289. The molecule has 0 spiro atoms. The summed E-state index contributed by atoms with van der Waals surface area (Å²) in [6.45, 7) is 1.77. The van der Waals surface area contributed by atoms with Gasteiger partial charge in [0.2, 0.25) is 0 Å². The molecule has 51 valence electrons. The van der Waals surface area contributed by atoms with Gasteiger partial charge in [-0.15, -0.1) is 0 Å². The minimum atomic E-state index is -0.457. The van der Waals surface area contributed by atoms with Gasteiger partial charge in [-0.1, -0.05) is 0 Å². The molecule has 10 heavy (non-hydrogen) atoms. The molecule has 1 aromatic heterocycles. The van der Waals surface area contributed by atoms with Crippen LogP contribution in [0, 0.1) is 13.0 Å². The number of hydrogen-bond acceptors (Lipinski definition) is 2. The number of amides is 1. The fourth-order valence-corrected chi connectivity index (χ4v) is 0.669. The van der Waals surface area contributed by atoms with Crippen molar-refractivity contribution in [3.63, 3.8) is 0 Å². The number of aryl methyl sites for hydroxylation is 1. The topological polar surface area (TPSA) is 56.0 Å². The lowest BCUT2D eigenvalue weighted by molar-refractivity contribution is 0.0999. The molecule has 3 heteroatoms. The van der Waals surface area contributed by atoms with Gasteiger partial charge in [0.15, 0.2) is 0 Å². The van der Waals surface area contributed by atoms with Gasteiger partial charge in [0, 0.05) is 18.5 Å². The molecule has 0 fully saturated rings. The van der Waals surface area contributed by atoms with Crippen LogP contribution in [0.5, 0.6) is 0 Å². The van der Waals surface area contributed by atoms with Gasteiger partial charge in [-0.05, 0) is 12.5 Å². The Hall–Kier alpha value is -1.38. The second kappa shape index (κ2) is 2.47. The van der Waals surface area contributed by atoms with Gasteiger partial charge in [-0.3, -0.25) is 9.78 Å². The highest BCUT2D eigenvalue weighted by Crippen LogP contribution is 2.01. The third kappa shape index (κ3) is 1.13. The van der Waals surface area contributed by atoms with Gasteiger partial charge in [0.1, 0.15) is 0 Å². The smallest absolute Gasteiger partial charge is 0.250 e. The lowest BCUT2D eigenvalue weighted by Crippen LogP contribution is -2.12. The van der Waals surface area contributed by atoms with E-state index in [-0.39, 0.29) is 0 Å². The number of carbonyl (C=O) groups excluding carboxylic acids is 1. The van der Waals surface area contributed by atoms with Crippen LogP contribution in [-0.4, -0.2) is 10.9 Å². The largest absolute Gasteiger partial charge is 0.366 e. The summed E-state index contributed by atoms with van der Waals surface area (Å²) >= 11 is 0. The van der Waals surface area contributed by atoms with E-state index < -0.39 is 5.91 Å². The van der Waals surface area contributed by atoms with Crippen molar-refractivity contribution < 1.29 is 4.79 Å². The minimum absolute atomic E-state index is 0.433. The molecule has 0 bridgehead atoms. The summed E-state index contributed by atoms with van der Waals surface area (Å²) in [5.41, 5.74) is 6.19. The summed E-state index contributed by atoms with van der Waals surface area (Å²) in [5.74, 6) is -0.457. The van der Waals surface area contributed by atoms with E-state index in [4.69, 9.17) is 5.73 Å². The summed E-state index contributed by atoms with van der Waals surface area (Å²) < 4.78 is 0. The van der Waals surface area contributed by atoms with Gasteiger partial charge in [0.25, 0.3) is 5.91 Å². The Bertz CT molecular complexity index is 258. The van der Waals surface area contributed by atoms with Crippen molar-refractivity contribution in [1.29, 1.82) is 0 Å². The monoisotopic (exact) mass is 135 g/mol. The summed E-state index contributed by atoms with van der Waals surface area (Å²) in [7, 11) is 0. The molecule has 0 saturated carbocycles. The van der Waals surface area contributed by atoms with Crippen LogP contribution in [0.4, 0.5) is 0 Å². The Kier molecular flexibility index (Phi) is 1.67. The van der Waals surface area contributed by atoms with E-state index >= 15 is 0 Å². The molecule has 1 radical (unpaired) electrons. The fraction of sp³-hybridized carbons (Fsp3) is 0.143. The lowest BCUT2D eigenvalue weighted by atomic mass is 10.1. The lowest BCUT2D eigenvalue weighted by Gasteiger charge is -1.96. The Labute approximate surface area is 58.9 Å². The SMILES string of the molecule is Cc1[c]cncc1C(N)=O. The van der Waals surface area contributed by atoms with E-state index in [1.54, 1.807) is 6.92 Å². The Morgan fingerprint density at radius 2 is 2.50 bits per heavy atom. The predicted molar refractivity (Wildman–Crippen MR) is 36.3 cm³/mol. The number of aromatic nitrogens is 1. The van der Waals surface area contributed by atoms with Crippen LogP contribution in [0.3, 0.4) is 0 Å². The number of pyridine rings is 1. The van der Waals surface area contributed by atoms with Crippen LogP contribution in [0.15, 0.2) is 12.4 Å². The molecule has 0 aliphatic rings. The van der Waals surface area contributed by atoms with Crippen molar-refractivity contribution in [3.05, 3.63) is 29.6 Å². The standard InChI is InChI=1S/C7H7N2O/c1-5-2-3-9-4-6(5)7(8)10/h3-4H,1H3,(H2,8,10). The molecular weight excluding hydrogens is 128 g/mol. The summed E-state index contributed by atoms with van der Waals surface area (Å²) in [4.78, 5) is 14.3. The average molecular weight is 135 g/mol. The maximum atomic E-state index is 10.6. The third-order valence-electron chi connectivity index (χ3n) is 1.23. The Balaban J connectivity index is 3.15. The Morgan fingerprint density at radius 1 is 1.80 bits per heavy atom. The van der Waals surface area contributed by atoms with E-state index in [0.717, 1.165) is 5.56 Å². The maximum Gasteiger partial charge on any atom is 0.250 e. The van der Waals surface area contributed by atoms with Crippen LogP contribution in [-0.2, 0) is 0 Å². The Morgan fingerprint density at radius 3 is 2.90 bits per heavy atom. The second-order valence-electron chi connectivity index (χ2n) is 1.95. The molecular formula is C7H7N2O. The van der Waals surface area contributed by atoms with Crippen molar-refractivity contribution in [2.24, 2.45) is 5.73 Å². The quantitative estimate of drug-likeness (QED) is 0.601. The first kappa shape index (κ1) is 6.74. The van der Waals surface area contributed by atoms with Crippen LogP contribution in [0.1, 0.15) is 15.9 Å². The summed E-state index contributed by atoms with van der Waals surface area (Å²) in [6.07, 6.45) is 2.94. The number of hydrogen-bond donors (Lipinski definition) is 1. The average Bonchev–Trinajstić information content (AvgIpc) is 1.88. The number of nitrogens with zero attached hydrogens (tertiary/aromatic N) is 1. The highest BCUT2D eigenvalue weighted by Gasteiger charge is 2.02. The fourth-order valence-electron chi connectivity index (χ4n) is 0.669. The highest BCUT2D eigenvalue weighted by atomic mass is 16.1. The molecule has 0 unspecified atom stereocenters. The molecule has 0 atom stereocenters. The van der Waals surface area contributed by atoms with Gasteiger partial charge < -0.3 is 5.73 Å². The van der Waals surface area contributed by atoms with Crippen molar-refractivity contribution in [2.75, 3.05) is 0 Å². The molecule has 0 aliphatic carbocycles. The van der Waals surface area contributed by atoms with Gasteiger partial charge in [-0.2, -0.15) is 0 Å². The molecule has 0 saturated heterocycles. The molecule has 1 heterocycles. The van der Waals surface area contributed by atoms with Crippen LogP contribution >= 0.6 is 0 Å². The first-order valence-corrected chi connectivity index (χ1v) is 2.84. The maximum absolute atomic E-state index is 10.6. The molecule has 2 N–H and O–H groups in total.